The van der Waals surface area contributed by atoms with Crippen LogP contribution >= 0.6 is 0 Å². The third-order valence-electron chi connectivity index (χ3n) is 6.46. The highest BCUT2D eigenvalue weighted by molar-refractivity contribution is 6.10. The molecule has 1 N–H and O–H groups in total. The average molecular weight is 419 g/mol. The summed E-state index contributed by atoms with van der Waals surface area (Å²) in [4.78, 5) is 29.7. The van der Waals surface area contributed by atoms with E-state index in [1.807, 2.05) is 68.3 Å². The number of anilines is 1. The van der Waals surface area contributed by atoms with Crippen LogP contribution in [0.3, 0.4) is 0 Å². The lowest BCUT2D eigenvalue weighted by Crippen LogP contribution is -2.51. The van der Waals surface area contributed by atoms with Crippen LogP contribution in [0.5, 0.6) is 0 Å². The summed E-state index contributed by atoms with van der Waals surface area (Å²) in [7, 11) is 2.00. The molecule has 0 aliphatic carbocycles. The van der Waals surface area contributed by atoms with Gasteiger partial charge in [-0.25, -0.2) is 4.79 Å². The molecule has 31 heavy (non-hydrogen) atoms. The number of nitrogens with zero attached hydrogens (tertiary/aromatic N) is 3. The van der Waals surface area contributed by atoms with Crippen LogP contribution in [-0.2, 0) is 7.05 Å². The number of aryl methyl sites for hydroxylation is 3. The van der Waals surface area contributed by atoms with Gasteiger partial charge in [-0.1, -0.05) is 24.3 Å². The second-order valence-corrected chi connectivity index (χ2v) is 8.45. The Morgan fingerprint density at radius 3 is 2.35 bits per heavy atom. The summed E-state index contributed by atoms with van der Waals surface area (Å²) in [5.41, 5.74) is 6.07. The fourth-order valence-corrected chi connectivity index (χ4v) is 4.29. The normalized spacial score (nSPS) is 14.8. The third kappa shape index (κ3) is 4.21. The van der Waals surface area contributed by atoms with Gasteiger partial charge in [-0.05, 0) is 50.1 Å². The fraction of sp³-hybridized carbons (Fsp3) is 0.360. The molecule has 0 spiro atoms. The van der Waals surface area contributed by atoms with Gasteiger partial charge < -0.3 is 14.8 Å². The molecule has 2 heterocycles. The van der Waals surface area contributed by atoms with Gasteiger partial charge in [0.05, 0.1) is 6.54 Å². The summed E-state index contributed by atoms with van der Waals surface area (Å²) in [5.74, 6) is 0.141. The highest BCUT2D eigenvalue weighted by atomic mass is 16.2. The van der Waals surface area contributed by atoms with Crippen LogP contribution in [0.4, 0.5) is 10.5 Å². The Morgan fingerprint density at radius 2 is 1.65 bits per heavy atom. The minimum Gasteiger partial charge on any atom is -0.347 e. The number of carbonyl (C=O) groups excluding carboxylic acids is 2. The number of hydrogen-bond donors (Lipinski definition) is 1. The van der Waals surface area contributed by atoms with E-state index in [4.69, 9.17) is 0 Å². The molecule has 3 aromatic rings. The molecule has 6 heteroatoms. The molecule has 0 radical (unpaired) electrons. The number of hydrogen-bond acceptors (Lipinski definition) is 3. The van der Waals surface area contributed by atoms with E-state index >= 15 is 0 Å². The Bertz CT molecular complexity index is 1140. The molecule has 2 amide bonds. The number of Topliss-reactive ketones (excluding diaryl/α,β-unsaturated/α-hetero) is 1. The van der Waals surface area contributed by atoms with Crippen LogP contribution in [0, 0.1) is 20.8 Å². The molecule has 1 aromatic heterocycles. The SMILES string of the molecule is Cc1ccc(NC(=O)N2CCN(CC(=O)c3c(C)n(C)c4ccccc34)CC2)cc1C. The van der Waals surface area contributed by atoms with Crippen LogP contribution in [0.2, 0.25) is 0 Å². The Labute approximate surface area is 183 Å². The molecule has 0 bridgehead atoms. The maximum Gasteiger partial charge on any atom is 0.321 e. The van der Waals surface area contributed by atoms with Gasteiger partial charge in [-0.3, -0.25) is 9.69 Å². The molecule has 0 atom stereocenters. The monoisotopic (exact) mass is 418 g/mol. The van der Waals surface area contributed by atoms with Crippen LogP contribution in [0.1, 0.15) is 27.2 Å². The summed E-state index contributed by atoms with van der Waals surface area (Å²) in [6, 6.07) is 13.9. The number of fused-ring (bicyclic) bond motifs is 1. The molecular weight excluding hydrogens is 388 g/mol. The molecule has 1 aliphatic rings. The number of aromatic nitrogens is 1. The topological polar surface area (TPSA) is 57.6 Å². The highest BCUT2D eigenvalue weighted by Gasteiger charge is 2.25. The summed E-state index contributed by atoms with van der Waals surface area (Å²) in [6.45, 7) is 9.08. The van der Waals surface area contributed by atoms with Gasteiger partial charge in [0, 0.05) is 61.1 Å². The first-order valence-corrected chi connectivity index (χ1v) is 10.8. The van der Waals surface area contributed by atoms with Gasteiger partial charge >= 0.3 is 6.03 Å². The van der Waals surface area contributed by atoms with E-state index < -0.39 is 0 Å². The van der Waals surface area contributed by atoms with E-state index in [0.717, 1.165) is 33.4 Å². The second kappa shape index (κ2) is 8.55. The lowest BCUT2D eigenvalue weighted by molar-refractivity contribution is 0.0884. The molecule has 2 aromatic carbocycles. The van der Waals surface area contributed by atoms with Crippen molar-refractivity contribution in [2.75, 3.05) is 38.0 Å². The van der Waals surface area contributed by atoms with E-state index in [0.29, 0.717) is 32.7 Å². The van der Waals surface area contributed by atoms with Crippen LogP contribution in [0.15, 0.2) is 42.5 Å². The molecule has 1 saturated heterocycles. The number of para-hydroxylation sites is 1. The summed E-state index contributed by atoms with van der Waals surface area (Å²) >= 11 is 0. The van der Waals surface area contributed by atoms with Gasteiger partial charge in [0.25, 0.3) is 0 Å². The zero-order valence-corrected chi connectivity index (χ0v) is 18.7. The van der Waals surface area contributed by atoms with Gasteiger partial charge in [-0.15, -0.1) is 0 Å². The molecular formula is C25H30N4O2. The standard InChI is InChI=1S/C25H30N4O2/c1-17-9-10-20(15-18(17)2)26-25(31)29-13-11-28(12-14-29)16-23(30)24-19(3)27(4)22-8-6-5-7-21(22)24/h5-10,15H,11-14,16H2,1-4H3,(H,26,31). The molecule has 1 aliphatic heterocycles. The Morgan fingerprint density at radius 1 is 0.935 bits per heavy atom. The van der Waals surface area contributed by atoms with Crippen molar-refractivity contribution in [3.63, 3.8) is 0 Å². The maximum atomic E-state index is 13.1. The smallest absolute Gasteiger partial charge is 0.321 e. The van der Waals surface area contributed by atoms with Gasteiger partial charge in [0.15, 0.2) is 5.78 Å². The zero-order chi connectivity index (χ0) is 22.1. The number of benzene rings is 2. The van der Waals surface area contributed by atoms with Crippen molar-refractivity contribution < 1.29 is 9.59 Å². The highest BCUT2D eigenvalue weighted by Crippen LogP contribution is 2.25. The van der Waals surface area contributed by atoms with Crippen LogP contribution in [0.25, 0.3) is 10.9 Å². The van der Waals surface area contributed by atoms with Crippen molar-refractivity contribution in [2.45, 2.75) is 20.8 Å². The number of carbonyl (C=O) groups is 2. The van der Waals surface area contributed by atoms with Crippen LogP contribution in [-0.4, -0.2) is 58.9 Å². The molecule has 162 valence electrons. The number of urea groups is 1. The predicted octanol–water partition coefficient (Wildman–Crippen LogP) is 4.14. The minimum atomic E-state index is -0.0841. The van der Waals surface area contributed by atoms with E-state index in [2.05, 4.69) is 21.7 Å². The second-order valence-electron chi connectivity index (χ2n) is 8.45. The van der Waals surface area contributed by atoms with Gasteiger partial charge in [-0.2, -0.15) is 0 Å². The van der Waals surface area contributed by atoms with Gasteiger partial charge in [0.1, 0.15) is 0 Å². The number of rotatable bonds is 4. The maximum absolute atomic E-state index is 13.1. The Hall–Kier alpha value is -3.12. The van der Waals surface area contributed by atoms with Crippen LogP contribution < -0.4 is 5.32 Å². The van der Waals surface area contributed by atoms with Crippen molar-refractivity contribution >= 4 is 28.4 Å². The number of amides is 2. The zero-order valence-electron chi connectivity index (χ0n) is 18.7. The molecule has 0 saturated carbocycles. The van der Waals surface area contributed by atoms with E-state index in [9.17, 15) is 9.59 Å². The van der Waals surface area contributed by atoms with Crippen molar-refractivity contribution in [3.8, 4) is 0 Å². The summed E-state index contributed by atoms with van der Waals surface area (Å²) in [6.07, 6.45) is 0. The summed E-state index contributed by atoms with van der Waals surface area (Å²) < 4.78 is 2.08. The van der Waals surface area contributed by atoms with Crippen molar-refractivity contribution in [1.29, 1.82) is 0 Å². The quantitative estimate of drug-likeness (QED) is 0.648. The van der Waals surface area contributed by atoms with Gasteiger partial charge in [0.2, 0.25) is 0 Å². The fourth-order valence-electron chi connectivity index (χ4n) is 4.29. The number of nitrogens with one attached hydrogen (secondary N) is 1. The lowest BCUT2D eigenvalue weighted by Gasteiger charge is -2.34. The number of piperazine rings is 1. The van der Waals surface area contributed by atoms with Crippen molar-refractivity contribution in [1.82, 2.24) is 14.4 Å². The third-order valence-corrected chi connectivity index (χ3v) is 6.46. The first kappa shape index (κ1) is 21.1. The molecule has 0 unspecified atom stereocenters. The molecule has 6 nitrogen and oxygen atoms in total. The predicted molar refractivity (Wildman–Crippen MR) is 125 cm³/mol. The molecule has 1 fully saturated rings. The average Bonchev–Trinajstić information content (AvgIpc) is 3.02. The van der Waals surface area contributed by atoms with E-state index in [-0.39, 0.29) is 11.8 Å². The first-order chi connectivity index (χ1) is 14.8. The first-order valence-electron chi connectivity index (χ1n) is 10.8. The Kier molecular flexibility index (Phi) is 5.83. The van der Waals surface area contributed by atoms with E-state index in [1.165, 1.54) is 5.56 Å². The minimum absolute atomic E-state index is 0.0841. The number of ketones is 1. The molecule has 4 rings (SSSR count). The van der Waals surface area contributed by atoms with E-state index in [1.54, 1.807) is 0 Å². The van der Waals surface area contributed by atoms with Crippen molar-refractivity contribution in [3.05, 3.63) is 64.8 Å². The largest absolute Gasteiger partial charge is 0.347 e. The lowest BCUT2D eigenvalue weighted by atomic mass is 10.1. The summed E-state index contributed by atoms with van der Waals surface area (Å²) in [5, 5.41) is 4.00. The van der Waals surface area contributed by atoms with Crippen molar-refractivity contribution in [2.24, 2.45) is 7.05 Å². The Balaban J connectivity index is 1.36.